The molecule has 35 heavy (non-hydrogen) atoms. The van der Waals surface area contributed by atoms with E-state index in [9.17, 15) is 26.3 Å². The number of alkyl halides is 6. The van der Waals surface area contributed by atoms with E-state index in [0.717, 1.165) is 0 Å². The first-order valence-electron chi connectivity index (χ1n) is 10.0. The first kappa shape index (κ1) is 24.4. The molecule has 1 unspecified atom stereocenters. The second-order valence-corrected chi connectivity index (χ2v) is 7.34. The van der Waals surface area contributed by atoms with Crippen molar-refractivity contribution in [2.45, 2.75) is 25.3 Å². The molecule has 4 rings (SSSR count). The normalized spacial score (nSPS) is 13.4. The van der Waals surface area contributed by atoms with E-state index >= 15 is 0 Å². The zero-order valence-electron chi connectivity index (χ0n) is 18.2. The summed E-state index contributed by atoms with van der Waals surface area (Å²) in [5.41, 5.74) is -3.88. The molecule has 186 valence electrons. The molecule has 0 radical (unpaired) electrons. The quantitative estimate of drug-likeness (QED) is 0.343. The van der Waals surface area contributed by atoms with E-state index in [0.29, 0.717) is 6.07 Å². The van der Waals surface area contributed by atoms with Gasteiger partial charge in [-0.05, 0) is 25.1 Å². The summed E-state index contributed by atoms with van der Waals surface area (Å²) in [6.45, 7) is 1.72. The van der Waals surface area contributed by atoms with Gasteiger partial charge in [0.2, 0.25) is 0 Å². The number of aromatic nitrogens is 6. The van der Waals surface area contributed by atoms with E-state index in [2.05, 4.69) is 25.2 Å². The number of halogens is 6. The van der Waals surface area contributed by atoms with Crippen LogP contribution in [0, 0.1) is 0 Å². The molecule has 3 aromatic heterocycles. The summed E-state index contributed by atoms with van der Waals surface area (Å²) in [4.78, 5) is 13.8. The number of methoxy groups -OCH3 is 1. The molecule has 15 heteroatoms. The minimum Gasteiger partial charge on any atom is -0.383 e. The molecule has 0 saturated heterocycles. The van der Waals surface area contributed by atoms with Crippen LogP contribution in [0.2, 0.25) is 0 Å². The van der Waals surface area contributed by atoms with Crippen molar-refractivity contribution < 1.29 is 35.6 Å². The molecule has 0 aliphatic carbocycles. The Morgan fingerprint density at radius 2 is 1.77 bits per heavy atom. The van der Waals surface area contributed by atoms with Crippen LogP contribution in [-0.4, -0.2) is 50.2 Å². The highest BCUT2D eigenvalue weighted by Crippen LogP contribution is 2.43. The van der Waals surface area contributed by atoms with Gasteiger partial charge in [-0.3, -0.25) is 0 Å². The van der Waals surface area contributed by atoms with Gasteiger partial charge in [0.05, 0.1) is 23.6 Å². The molecule has 0 N–H and O–H groups in total. The Morgan fingerprint density at radius 1 is 1.06 bits per heavy atom. The Hall–Kier alpha value is -3.75. The zero-order valence-corrected chi connectivity index (χ0v) is 18.2. The lowest BCUT2D eigenvalue weighted by Crippen LogP contribution is -2.32. The number of anilines is 1. The maximum absolute atomic E-state index is 13.6. The fraction of sp³-hybridized carbons (Fsp3) is 0.350. The summed E-state index contributed by atoms with van der Waals surface area (Å²) in [6, 6.07) is 1.40. The Balaban J connectivity index is 1.88. The monoisotopic (exact) mass is 501 g/mol. The predicted octanol–water partition coefficient (Wildman–Crippen LogP) is 4.45. The lowest BCUT2D eigenvalue weighted by Gasteiger charge is -2.28. The summed E-state index contributed by atoms with van der Waals surface area (Å²) in [5.74, 6) is 0.179. The third-order valence-corrected chi connectivity index (χ3v) is 5.15. The van der Waals surface area contributed by atoms with Crippen LogP contribution in [-0.2, 0) is 17.1 Å². The maximum atomic E-state index is 13.6. The standard InChI is InChI=1S/C20H17F6N7O2/c1-11(16-29-10-30-33(16)18-27-4-3-5-28-18)32(6-7-34-2)17-13-8-12(19(21,22)23)9-14(20(24,25)26)15(13)35-31-17/h3-5,8-11H,6-7H2,1-2H3. The summed E-state index contributed by atoms with van der Waals surface area (Å²) in [7, 11) is 1.40. The van der Waals surface area contributed by atoms with Gasteiger partial charge in [-0.25, -0.2) is 15.0 Å². The fourth-order valence-electron chi connectivity index (χ4n) is 3.51. The van der Waals surface area contributed by atoms with Crippen molar-refractivity contribution in [2.75, 3.05) is 25.2 Å². The first-order valence-corrected chi connectivity index (χ1v) is 10.0. The van der Waals surface area contributed by atoms with Crippen LogP contribution in [0.25, 0.3) is 16.9 Å². The van der Waals surface area contributed by atoms with E-state index in [1.165, 1.54) is 35.4 Å². The van der Waals surface area contributed by atoms with Crippen molar-refractivity contribution >= 4 is 16.8 Å². The molecule has 0 aliphatic rings. The molecule has 0 saturated carbocycles. The van der Waals surface area contributed by atoms with E-state index in [1.807, 2.05) is 0 Å². The van der Waals surface area contributed by atoms with Crippen molar-refractivity contribution in [3.63, 3.8) is 0 Å². The molecule has 4 aromatic rings. The summed E-state index contributed by atoms with van der Waals surface area (Å²) in [6.07, 6.45) is -5.96. The van der Waals surface area contributed by atoms with Crippen LogP contribution >= 0.6 is 0 Å². The largest absolute Gasteiger partial charge is 0.420 e. The average molecular weight is 501 g/mol. The maximum Gasteiger partial charge on any atom is 0.420 e. The second kappa shape index (κ2) is 9.13. The van der Waals surface area contributed by atoms with Crippen LogP contribution in [0.1, 0.15) is 29.9 Å². The molecule has 0 amide bonds. The third-order valence-electron chi connectivity index (χ3n) is 5.15. The zero-order chi connectivity index (χ0) is 25.4. The molecule has 0 aliphatic heterocycles. The first-order chi connectivity index (χ1) is 16.5. The Kier molecular flexibility index (Phi) is 6.36. The molecule has 0 fully saturated rings. The minimum atomic E-state index is -5.11. The highest BCUT2D eigenvalue weighted by molar-refractivity contribution is 5.92. The Labute approximate surface area is 193 Å². The Morgan fingerprint density at radius 3 is 2.40 bits per heavy atom. The van der Waals surface area contributed by atoms with Gasteiger partial charge in [-0.2, -0.15) is 36.1 Å². The van der Waals surface area contributed by atoms with Crippen LogP contribution in [0.4, 0.5) is 32.2 Å². The van der Waals surface area contributed by atoms with Gasteiger partial charge in [0, 0.05) is 26.0 Å². The summed E-state index contributed by atoms with van der Waals surface area (Å²) < 4.78 is 92.5. The van der Waals surface area contributed by atoms with Crippen molar-refractivity contribution in [3.05, 3.63) is 53.9 Å². The van der Waals surface area contributed by atoms with Gasteiger partial charge in [-0.15, -0.1) is 0 Å². The molecular weight excluding hydrogens is 484 g/mol. The van der Waals surface area contributed by atoms with E-state index in [1.54, 1.807) is 13.0 Å². The van der Waals surface area contributed by atoms with Gasteiger partial charge in [0.25, 0.3) is 5.95 Å². The SMILES string of the molecule is COCCN(c1noc2c(C(F)(F)F)cc(C(F)(F)F)cc12)C(C)c1ncnn1-c1ncccn1. The third kappa shape index (κ3) is 4.76. The lowest BCUT2D eigenvalue weighted by atomic mass is 10.1. The smallest absolute Gasteiger partial charge is 0.383 e. The number of benzene rings is 1. The number of nitrogens with zero attached hydrogens (tertiary/aromatic N) is 7. The fourth-order valence-corrected chi connectivity index (χ4v) is 3.51. The van der Waals surface area contributed by atoms with E-state index < -0.39 is 40.5 Å². The van der Waals surface area contributed by atoms with Gasteiger partial charge in [0.15, 0.2) is 17.2 Å². The van der Waals surface area contributed by atoms with Crippen molar-refractivity contribution in [3.8, 4) is 5.95 Å². The van der Waals surface area contributed by atoms with Gasteiger partial charge >= 0.3 is 12.4 Å². The number of hydrogen-bond acceptors (Lipinski definition) is 8. The molecule has 0 bridgehead atoms. The number of rotatable bonds is 7. The van der Waals surface area contributed by atoms with Crippen LogP contribution in [0.15, 0.2) is 41.4 Å². The minimum absolute atomic E-state index is 0.00356. The van der Waals surface area contributed by atoms with Crippen molar-refractivity contribution in [1.82, 2.24) is 29.9 Å². The lowest BCUT2D eigenvalue weighted by molar-refractivity contribution is -0.142. The topological polar surface area (TPSA) is 95.0 Å². The van der Waals surface area contributed by atoms with Gasteiger partial charge in [-0.1, -0.05) is 5.16 Å². The molecule has 0 spiro atoms. The van der Waals surface area contributed by atoms with Gasteiger partial charge in [0.1, 0.15) is 11.9 Å². The van der Waals surface area contributed by atoms with Crippen LogP contribution < -0.4 is 4.90 Å². The average Bonchev–Trinajstić information content (AvgIpc) is 3.45. The van der Waals surface area contributed by atoms with Crippen molar-refractivity contribution in [2.24, 2.45) is 0 Å². The van der Waals surface area contributed by atoms with Crippen LogP contribution in [0.3, 0.4) is 0 Å². The Bertz CT molecular complexity index is 1300. The van der Waals surface area contributed by atoms with Gasteiger partial charge < -0.3 is 14.2 Å². The number of fused-ring (bicyclic) bond motifs is 1. The molecular formula is C20H17F6N7O2. The summed E-state index contributed by atoms with van der Waals surface area (Å²) in [5, 5.41) is 7.35. The van der Waals surface area contributed by atoms with Crippen LogP contribution in [0.5, 0.6) is 0 Å². The predicted molar refractivity (Wildman–Crippen MR) is 109 cm³/mol. The molecule has 1 atom stereocenters. The van der Waals surface area contributed by atoms with Crippen molar-refractivity contribution in [1.29, 1.82) is 0 Å². The van der Waals surface area contributed by atoms with E-state index in [4.69, 9.17) is 9.26 Å². The number of hydrogen-bond donors (Lipinski definition) is 0. The summed E-state index contributed by atoms with van der Waals surface area (Å²) >= 11 is 0. The second-order valence-electron chi connectivity index (χ2n) is 7.34. The highest BCUT2D eigenvalue weighted by atomic mass is 19.4. The highest BCUT2D eigenvalue weighted by Gasteiger charge is 2.41. The number of ether oxygens (including phenoxy) is 1. The molecule has 9 nitrogen and oxygen atoms in total. The van der Waals surface area contributed by atoms with E-state index in [-0.39, 0.29) is 36.8 Å². The molecule has 3 heterocycles. The molecule has 1 aromatic carbocycles.